The monoisotopic (exact) mass is 302 g/mol. The molecule has 0 aliphatic carbocycles. The average Bonchev–Trinajstić information content (AvgIpc) is 2.96. The van der Waals surface area contributed by atoms with Gasteiger partial charge in [0.1, 0.15) is 11.6 Å². The number of hydrogen-bond acceptors (Lipinski definition) is 5. The van der Waals surface area contributed by atoms with Gasteiger partial charge in [-0.25, -0.2) is 4.39 Å². The van der Waals surface area contributed by atoms with Gasteiger partial charge < -0.3 is 9.63 Å². The quantitative estimate of drug-likeness (QED) is 0.741. The van der Waals surface area contributed by atoms with Crippen molar-refractivity contribution in [1.82, 2.24) is 10.1 Å². The molecule has 3 aromatic rings. The predicted octanol–water partition coefficient (Wildman–Crippen LogP) is 3.87. The van der Waals surface area contributed by atoms with Crippen LogP contribution in [0, 0.1) is 5.82 Å². The third kappa shape index (κ3) is 3.22. The minimum atomic E-state index is -0.259. The van der Waals surface area contributed by atoms with Crippen molar-refractivity contribution < 1.29 is 14.0 Å². The van der Waals surface area contributed by atoms with Crippen molar-refractivity contribution in [3.8, 4) is 17.2 Å². The normalized spacial score (nSPS) is 10.7. The number of aromatic nitrogens is 2. The van der Waals surface area contributed by atoms with Gasteiger partial charge in [-0.1, -0.05) is 17.3 Å². The summed E-state index contributed by atoms with van der Waals surface area (Å²) < 4.78 is 18.7. The summed E-state index contributed by atoms with van der Waals surface area (Å²) in [5.41, 5.74) is 0.724. The van der Waals surface area contributed by atoms with Crippen molar-refractivity contribution in [2.24, 2.45) is 0 Å². The highest BCUT2D eigenvalue weighted by atomic mass is 32.2. The molecule has 0 aliphatic heterocycles. The van der Waals surface area contributed by atoms with Crippen LogP contribution in [-0.4, -0.2) is 15.2 Å². The first kappa shape index (κ1) is 13.6. The minimum Gasteiger partial charge on any atom is -0.508 e. The molecular formula is C15H11FN2O2S. The maximum absolute atomic E-state index is 13.5. The summed E-state index contributed by atoms with van der Waals surface area (Å²) >= 11 is 1.31. The molecular weight excluding hydrogens is 291 g/mol. The maximum Gasteiger partial charge on any atom is 0.257 e. The van der Waals surface area contributed by atoms with E-state index in [9.17, 15) is 9.50 Å². The van der Waals surface area contributed by atoms with E-state index in [4.69, 9.17) is 4.52 Å². The zero-order chi connectivity index (χ0) is 14.7. The van der Waals surface area contributed by atoms with Crippen molar-refractivity contribution in [2.75, 3.05) is 0 Å². The number of hydrogen-bond donors (Lipinski definition) is 1. The number of halogens is 1. The van der Waals surface area contributed by atoms with Gasteiger partial charge in [-0.2, -0.15) is 4.98 Å². The summed E-state index contributed by atoms with van der Waals surface area (Å²) in [7, 11) is 0. The van der Waals surface area contributed by atoms with Gasteiger partial charge in [0.25, 0.3) is 5.89 Å². The lowest BCUT2D eigenvalue weighted by atomic mass is 10.2. The Morgan fingerprint density at radius 2 is 1.86 bits per heavy atom. The second-order valence-corrected chi connectivity index (χ2v) is 5.30. The highest BCUT2D eigenvalue weighted by Crippen LogP contribution is 2.26. The third-order valence-electron chi connectivity index (χ3n) is 2.78. The molecule has 0 atom stereocenters. The first-order valence-electron chi connectivity index (χ1n) is 6.22. The van der Waals surface area contributed by atoms with E-state index in [2.05, 4.69) is 10.1 Å². The van der Waals surface area contributed by atoms with Crippen molar-refractivity contribution in [3.05, 3.63) is 60.2 Å². The summed E-state index contributed by atoms with van der Waals surface area (Å²) in [5, 5.41) is 13.1. The lowest BCUT2D eigenvalue weighted by molar-refractivity contribution is 0.425. The number of benzene rings is 2. The van der Waals surface area contributed by atoms with E-state index in [1.165, 1.54) is 17.8 Å². The zero-order valence-corrected chi connectivity index (χ0v) is 11.7. The fourth-order valence-electron chi connectivity index (χ4n) is 1.74. The number of thioether (sulfide) groups is 1. The number of phenolic OH excluding ortho intramolecular Hbond substituents is 1. The Bertz CT molecular complexity index is 743. The molecule has 106 valence electrons. The molecule has 0 unspecified atom stereocenters. The number of phenols is 1. The molecule has 0 saturated heterocycles. The highest BCUT2D eigenvalue weighted by Gasteiger charge is 2.10. The molecule has 0 bridgehead atoms. The standard InChI is InChI=1S/C15H11FN2O2S/c16-12-3-1-2-4-13(12)21-9-14-17-15(20-18-14)10-5-7-11(19)8-6-10/h1-8,19H,9H2. The van der Waals surface area contributed by atoms with Crippen LogP contribution in [0.1, 0.15) is 5.82 Å². The Morgan fingerprint density at radius 1 is 1.10 bits per heavy atom. The van der Waals surface area contributed by atoms with E-state index in [0.29, 0.717) is 22.4 Å². The molecule has 3 rings (SSSR count). The van der Waals surface area contributed by atoms with Crippen LogP contribution in [-0.2, 0) is 5.75 Å². The summed E-state index contributed by atoms with van der Waals surface area (Å²) in [6, 6.07) is 13.0. The van der Waals surface area contributed by atoms with Crippen LogP contribution in [0.25, 0.3) is 11.5 Å². The largest absolute Gasteiger partial charge is 0.508 e. The van der Waals surface area contributed by atoms with Crippen LogP contribution in [0.2, 0.25) is 0 Å². The minimum absolute atomic E-state index is 0.175. The molecule has 0 aliphatic rings. The molecule has 1 aromatic heterocycles. The molecule has 21 heavy (non-hydrogen) atoms. The van der Waals surface area contributed by atoms with E-state index >= 15 is 0 Å². The topological polar surface area (TPSA) is 59.2 Å². The van der Waals surface area contributed by atoms with Gasteiger partial charge in [0, 0.05) is 10.5 Å². The Kier molecular flexibility index (Phi) is 3.87. The SMILES string of the molecule is Oc1ccc(-c2nc(CSc3ccccc3F)no2)cc1. The second-order valence-electron chi connectivity index (χ2n) is 4.28. The van der Waals surface area contributed by atoms with E-state index in [0.717, 1.165) is 5.56 Å². The second kappa shape index (κ2) is 5.97. The van der Waals surface area contributed by atoms with E-state index in [1.807, 2.05) is 0 Å². The molecule has 0 fully saturated rings. The van der Waals surface area contributed by atoms with Crippen molar-refractivity contribution in [2.45, 2.75) is 10.6 Å². The molecule has 0 saturated carbocycles. The summed E-state index contributed by atoms with van der Waals surface area (Å²) in [6.45, 7) is 0. The highest BCUT2D eigenvalue weighted by molar-refractivity contribution is 7.98. The van der Waals surface area contributed by atoms with Crippen LogP contribution >= 0.6 is 11.8 Å². The van der Waals surface area contributed by atoms with Gasteiger partial charge >= 0.3 is 0 Å². The van der Waals surface area contributed by atoms with Crippen LogP contribution in [0.15, 0.2) is 57.9 Å². The molecule has 1 N–H and O–H groups in total. The zero-order valence-electron chi connectivity index (χ0n) is 10.9. The fraction of sp³-hybridized carbons (Fsp3) is 0.0667. The van der Waals surface area contributed by atoms with Crippen molar-refractivity contribution in [1.29, 1.82) is 0 Å². The van der Waals surface area contributed by atoms with Crippen LogP contribution in [0.3, 0.4) is 0 Å². The van der Waals surface area contributed by atoms with Gasteiger partial charge in [-0.3, -0.25) is 0 Å². The van der Waals surface area contributed by atoms with Crippen molar-refractivity contribution in [3.63, 3.8) is 0 Å². The molecule has 1 heterocycles. The summed E-state index contributed by atoms with van der Waals surface area (Å²) in [5.74, 6) is 1.20. The Balaban J connectivity index is 1.71. The lowest BCUT2D eigenvalue weighted by Gasteiger charge is -1.99. The molecule has 0 amide bonds. The molecule has 0 spiro atoms. The molecule has 2 aromatic carbocycles. The molecule has 4 nitrogen and oxygen atoms in total. The average molecular weight is 302 g/mol. The Hall–Kier alpha value is -2.34. The van der Waals surface area contributed by atoms with Gasteiger partial charge in [0.05, 0.1) is 5.75 Å². The molecule has 0 radical (unpaired) electrons. The summed E-state index contributed by atoms with van der Waals surface area (Å²) in [4.78, 5) is 4.80. The fourth-order valence-corrected chi connectivity index (χ4v) is 2.52. The van der Waals surface area contributed by atoms with E-state index in [-0.39, 0.29) is 11.6 Å². The van der Waals surface area contributed by atoms with Crippen LogP contribution in [0.4, 0.5) is 4.39 Å². The first-order valence-corrected chi connectivity index (χ1v) is 7.20. The van der Waals surface area contributed by atoms with Crippen LogP contribution in [0.5, 0.6) is 5.75 Å². The van der Waals surface area contributed by atoms with Gasteiger partial charge in [-0.05, 0) is 36.4 Å². The van der Waals surface area contributed by atoms with Gasteiger partial charge in [0.15, 0.2) is 5.82 Å². The third-order valence-corrected chi connectivity index (χ3v) is 3.82. The first-order chi connectivity index (χ1) is 10.2. The maximum atomic E-state index is 13.5. The predicted molar refractivity (Wildman–Crippen MR) is 77.4 cm³/mol. The van der Waals surface area contributed by atoms with Crippen LogP contribution < -0.4 is 0 Å². The van der Waals surface area contributed by atoms with Gasteiger partial charge in [0.2, 0.25) is 0 Å². The van der Waals surface area contributed by atoms with Gasteiger partial charge in [-0.15, -0.1) is 11.8 Å². The Labute approximate surface area is 124 Å². The lowest BCUT2D eigenvalue weighted by Crippen LogP contribution is -1.86. The van der Waals surface area contributed by atoms with Crippen molar-refractivity contribution >= 4 is 11.8 Å². The number of rotatable bonds is 4. The molecule has 6 heteroatoms. The van der Waals surface area contributed by atoms with E-state index in [1.54, 1.807) is 42.5 Å². The smallest absolute Gasteiger partial charge is 0.257 e. The number of nitrogens with zero attached hydrogens (tertiary/aromatic N) is 2. The summed E-state index contributed by atoms with van der Waals surface area (Å²) in [6.07, 6.45) is 0. The Morgan fingerprint density at radius 3 is 2.62 bits per heavy atom. The number of aromatic hydroxyl groups is 1. The van der Waals surface area contributed by atoms with E-state index < -0.39 is 0 Å².